The molecule has 26 heavy (non-hydrogen) atoms. The van der Waals surface area contributed by atoms with Gasteiger partial charge in [0.05, 0.1) is 17.2 Å². The minimum Gasteiger partial charge on any atom is -0.334 e. The largest absolute Gasteiger partial charge is 0.334 e. The topological polar surface area (TPSA) is 55.2 Å². The van der Waals surface area contributed by atoms with Gasteiger partial charge < -0.3 is 4.90 Å². The number of rotatable bonds is 5. The van der Waals surface area contributed by atoms with Crippen LogP contribution in [-0.4, -0.2) is 26.4 Å². The normalized spacial score (nSPS) is 11.1. The molecule has 0 unspecified atom stereocenters. The summed E-state index contributed by atoms with van der Waals surface area (Å²) in [7, 11) is 0. The summed E-state index contributed by atoms with van der Waals surface area (Å²) in [6, 6.07) is 14.8. The summed E-state index contributed by atoms with van der Waals surface area (Å²) >= 11 is 5.98. The van der Waals surface area contributed by atoms with Gasteiger partial charge >= 0.3 is 0 Å². The Morgan fingerprint density at radius 2 is 1.92 bits per heavy atom. The van der Waals surface area contributed by atoms with Crippen molar-refractivity contribution in [1.82, 2.24) is 14.5 Å². The molecule has 2 aromatic carbocycles. The molecule has 3 rings (SSSR count). The molecule has 1 aromatic heterocycles. The summed E-state index contributed by atoms with van der Waals surface area (Å²) in [5.74, 6) is -0.130. The summed E-state index contributed by atoms with van der Waals surface area (Å²) in [6.07, 6.45) is 1.41. The molecule has 0 aliphatic carbocycles. The highest BCUT2D eigenvalue weighted by Crippen LogP contribution is 2.14. The Hall–Kier alpha value is -2.66. The van der Waals surface area contributed by atoms with E-state index in [0.29, 0.717) is 22.5 Å². The Morgan fingerprint density at radius 3 is 2.62 bits per heavy atom. The van der Waals surface area contributed by atoms with E-state index in [2.05, 4.69) is 4.98 Å². The first-order valence-electron chi connectivity index (χ1n) is 8.44. The van der Waals surface area contributed by atoms with Crippen LogP contribution in [0, 0.1) is 0 Å². The van der Waals surface area contributed by atoms with Crippen LogP contribution in [-0.2, 0) is 17.9 Å². The zero-order valence-corrected chi connectivity index (χ0v) is 15.5. The van der Waals surface area contributed by atoms with Crippen LogP contribution in [0.1, 0.15) is 19.4 Å². The Bertz CT molecular complexity index is 983. The van der Waals surface area contributed by atoms with E-state index in [1.165, 1.54) is 10.9 Å². The Balaban J connectivity index is 1.86. The van der Waals surface area contributed by atoms with E-state index in [1.807, 2.05) is 44.2 Å². The minimum atomic E-state index is -0.269. The Morgan fingerprint density at radius 1 is 1.19 bits per heavy atom. The number of fused-ring (bicyclic) bond motifs is 1. The van der Waals surface area contributed by atoms with Crippen molar-refractivity contribution in [2.75, 3.05) is 0 Å². The van der Waals surface area contributed by atoms with Gasteiger partial charge in [-0.05, 0) is 37.6 Å². The molecular formula is C20H20ClN3O2. The summed E-state index contributed by atoms with van der Waals surface area (Å²) < 4.78 is 1.33. The first kappa shape index (κ1) is 18.1. The van der Waals surface area contributed by atoms with Crippen molar-refractivity contribution >= 4 is 28.4 Å². The molecule has 0 atom stereocenters. The van der Waals surface area contributed by atoms with E-state index < -0.39 is 0 Å². The molecule has 0 bridgehead atoms. The Kier molecular flexibility index (Phi) is 5.38. The van der Waals surface area contributed by atoms with E-state index in [0.717, 1.165) is 5.56 Å². The molecule has 0 N–H and O–H groups in total. The SMILES string of the molecule is CC(C)N(Cc1ccccc1)C(=O)Cn1cnc2ccc(Cl)cc2c1=O. The lowest BCUT2D eigenvalue weighted by Crippen LogP contribution is -2.40. The van der Waals surface area contributed by atoms with Crippen molar-refractivity contribution in [2.45, 2.75) is 33.0 Å². The van der Waals surface area contributed by atoms with Gasteiger partial charge in [-0.1, -0.05) is 41.9 Å². The van der Waals surface area contributed by atoms with Crippen molar-refractivity contribution in [3.05, 3.63) is 75.8 Å². The molecule has 0 aliphatic heterocycles. The van der Waals surface area contributed by atoms with E-state index in [1.54, 1.807) is 23.1 Å². The number of nitrogens with zero attached hydrogens (tertiary/aromatic N) is 3. The van der Waals surface area contributed by atoms with Gasteiger partial charge in [0.2, 0.25) is 5.91 Å². The number of carbonyl (C=O) groups excluding carboxylic acids is 1. The van der Waals surface area contributed by atoms with Crippen LogP contribution in [0.25, 0.3) is 10.9 Å². The number of hydrogen-bond donors (Lipinski definition) is 0. The second kappa shape index (κ2) is 7.70. The molecule has 3 aromatic rings. The third-order valence-electron chi connectivity index (χ3n) is 4.23. The number of halogens is 1. The molecule has 0 fully saturated rings. The first-order valence-corrected chi connectivity index (χ1v) is 8.81. The Labute approximate surface area is 156 Å². The molecule has 134 valence electrons. The smallest absolute Gasteiger partial charge is 0.261 e. The average molecular weight is 370 g/mol. The average Bonchev–Trinajstić information content (AvgIpc) is 2.63. The molecular weight excluding hydrogens is 350 g/mol. The lowest BCUT2D eigenvalue weighted by atomic mass is 10.2. The molecule has 1 amide bonds. The molecule has 0 saturated carbocycles. The van der Waals surface area contributed by atoms with Crippen LogP contribution in [0.2, 0.25) is 5.02 Å². The number of amides is 1. The zero-order valence-electron chi connectivity index (χ0n) is 14.7. The van der Waals surface area contributed by atoms with E-state index in [9.17, 15) is 9.59 Å². The predicted molar refractivity (Wildman–Crippen MR) is 103 cm³/mol. The quantitative estimate of drug-likeness (QED) is 0.691. The van der Waals surface area contributed by atoms with Gasteiger partial charge in [0.25, 0.3) is 5.56 Å². The van der Waals surface area contributed by atoms with Gasteiger partial charge in [-0.2, -0.15) is 0 Å². The fraction of sp³-hybridized carbons (Fsp3) is 0.250. The first-order chi connectivity index (χ1) is 12.5. The summed E-state index contributed by atoms with van der Waals surface area (Å²) in [5, 5.41) is 0.875. The highest BCUT2D eigenvalue weighted by Gasteiger charge is 2.18. The molecule has 6 heteroatoms. The third-order valence-corrected chi connectivity index (χ3v) is 4.47. The summed E-state index contributed by atoms with van der Waals surface area (Å²) in [5.41, 5.74) is 1.34. The van der Waals surface area contributed by atoms with Crippen LogP contribution in [0.4, 0.5) is 0 Å². The molecule has 1 heterocycles. The summed E-state index contributed by atoms with van der Waals surface area (Å²) in [6.45, 7) is 4.36. The van der Waals surface area contributed by atoms with E-state index in [4.69, 9.17) is 11.6 Å². The van der Waals surface area contributed by atoms with E-state index in [-0.39, 0.29) is 24.1 Å². The standard InChI is InChI=1S/C20H20ClN3O2/c1-14(2)24(11-15-6-4-3-5-7-15)19(25)12-23-13-22-18-9-8-16(21)10-17(18)20(23)26/h3-10,13-14H,11-12H2,1-2H3. The van der Waals surface area contributed by atoms with Crippen LogP contribution in [0.15, 0.2) is 59.7 Å². The molecule has 0 spiro atoms. The second-order valence-electron chi connectivity index (χ2n) is 6.44. The molecule has 0 radical (unpaired) electrons. The van der Waals surface area contributed by atoms with Gasteiger partial charge in [0.15, 0.2) is 0 Å². The maximum atomic E-state index is 12.8. The van der Waals surface area contributed by atoms with Crippen molar-refractivity contribution in [3.8, 4) is 0 Å². The number of hydrogen-bond acceptors (Lipinski definition) is 3. The van der Waals surface area contributed by atoms with Crippen molar-refractivity contribution in [3.63, 3.8) is 0 Å². The second-order valence-corrected chi connectivity index (χ2v) is 6.88. The number of aromatic nitrogens is 2. The fourth-order valence-electron chi connectivity index (χ4n) is 2.82. The fourth-order valence-corrected chi connectivity index (χ4v) is 2.99. The third kappa shape index (κ3) is 3.94. The van der Waals surface area contributed by atoms with Gasteiger partial charge in [-0.3, -0.25) is 14.2 Å². The number of benzene rings is 2. The minimum absolute atomic E-state index is 0.0151. The maximum absolute atomic E-state index is 12.8. The zero-order chi connectivity index (χ0) is 18.7. The van der Waals surface area contributed by atoms with Crippen molar-refractivity contribution in [2.24, 2.45) is 0 Å². The highest BCUT2D eigenvalue weighted by atomic mass is 35.5. The maximum Gasteiger partial charge on any atom is 0.261 e. The molecule has 5 nitrogen and oxygen atoms in total. The van der Waals surface area contributed by atoms with Crippen LogP contribution in [0.5, 0.6) is 0 Å². The molecule has 0 saturated heterocycles. The monoisotopic (exact) mass is 369 g/mol. The lowest BCUT2D eigenvalue weighted by molar-refractivity contribution is -0.134. The molecule has 0 aliphatic rings. The van der Waals surface area contributed by atoms with Crippen molar-refractivity contribution in [1.29, 1.82) is 0 Å². The van der Waals surface area contributed by atoms with Crippen molar-refractivity contribution < 1.29 is 4.79 Å². The predicted octanol–water partition coefficient (Wildman–Crippen LogP) is 3.49. The number of carbonyl (C=O) groups is 1. The van der Waals surface area contributed by atoms with Gasteiger partial charge in [-0.15, -0.1) is 0 Å². The summed E-state index contributed by atoms with van der Waals surface area (Å²) in [4.78, 5) is 31.5. The van der Waals surface area contributed by atoms with Crippen LogP contribution in [0.3, 0.4) is 0 Å². The van der Waals surface area contributed by atoms with Gasteiger partial charge in [0, 0.05) is 17.6 Å². The van der Waals surface area contributed by atoms with Gasteiger partial charge in [0.1, 0.15) is 6.54 Å². The van der Waals surface area contributed by atoms with E-state index >= 15 is 0 Å². The lowest BCUT2D eigenvalue weighted by Gasteiger charge is -2.27. The van der Waals surface area contributed by atoms with Crippen LogP contribution >= 0.6 is 11.6 Å². The van der Waals surface area contributed by atoms with Gasteiger partial charge in [-0.25, -0.2) is 4.98 Å². The van der Waals surface area contributed by atoms with Crippen LogP contribution < -0.4 is 5.56 Å². The highest BCUT2D eigenvalue weighted by molar-refractivity contribution is 6.31.